The second kappa shape index (κ2) is 7.97. The fraction of sp³-hybridized carbons (Fsp3) is 0.412. The molecular formula is C17H24N4OS. The van der Waals surface area contributed by atoms with E-state index in [0.29, 0.717) is 18.3 Å². The Morgan fingerprint density at radius 1 is 1.35 bits per heavy atom. The van der Waals surface area contributed by atoms with Gasteiger partial charge in [-0.25, -0.2) is 0 Å². The highest BCUT2D eigenvalue weighted by molar-refractivity contribution is 7.80. The average Bonchev–Trinajstić information content (AvgIpc) is 2.89. The lowest BCUT2D eigenvalue weighted by molar-refractivity contribution is 0.342. The summed E-state index contributed by atoms with van der Waals surface area (Å²) < 4.78 is 7.56. The molecule has 0 atom stereocenters. The lowest BCUT2D eigenvalue weighted by atomic mass is 10.2. The van der Waals surface area contributed by atoms with Gasteiger partial charge in [-0.1, -0.05) is 12.1 Å². The summed E-state index contributed by atoms with van der Waals surface area (Å²) in [4.78, 5) is 2.00. The van der Waals surface area contributed by atoms with Crippen LogP contribution in [0.2, 0.25) is 0 Å². The van der Waals surface area contributed by atoms with Crippen LogP contribution in [0.15, 0.2) is 30.5 Å². The lowest BCUT2D eigenvalue weighted by Gasteiger charge is -2.22. The fourth-order valence-electron chi connectivity index (χ4n) is 2.27. The van der Waals surface area contributed by atoms with E-state index < -0.39 is 0 Å². The van der Waals surface area contributed by atoms with Gasteiger partial charge in [0.2, 0.25) is 0 Å². The minimum atomic E-state index is 0.622. The molecule has 0 unspecified atom stereocenters. The van der Waals surface area contributed by atoms with Gasteiger partial charge in [0, 0.05) is 31.9 Å². The molecule has 0 spiro atoms. The zero-order valence-corrected chi connectivity index (χ0v) is 15.0. The summed E-state index contributed by atoms with van der Waals surface area (Å²) in [6, 6.07) is 7.81. The molecule has 1 N–H and O–H groups in total. The number of rotatable bonds is 6. The van der Waals surface area contributed by atoms with Crippen LogP contribution < -0.4 is 10.1 Å². The standard InChI is InChI=1S/C17H24N4OS/c1-5-21-12-14(13(3)19-21)11-20(4)17(23)18-15-9-7-8-10-16(15)22-6-2/h7-10,12H,5-6,11H2,1-4H3,(H,18,23). The third kappa shape index (κ3) is 4.45. The maximum absolute atomic E-state index is 5.62. The van der Waals surface area contributed by atoms with Crippen LogP contribution in [0.1, 0.15) is 25.1 Å². The molecule has 0 bridgehead atoms. The van der Waals surface area contributed by atoms with Crippen LogP contribution in [0, 0.1) is 6.92 Å². The number of ether oxygens (including phenoxy) is 1. The molecule has 0 aliphatic carbocycles. The third-order valence-electron chi connectivity index (χ3n) is 3.55. The summed E-state index contributed by atoms with van der Waals surface area (Å²) in [6.07, 6.45) is 2.07. The van der Waals surface area contributed by atoms with Gasteiger partial charge in [0.25, 0.3) is 0 Å². The molecule has 2 aromatic rings. The van der Waals surface area contributed by atoms with Crippen LogP contribution in [-0.4, -0.2) is 33.4 Å². The molecule has 0 amide bonds. The number of hydrogen-bond donors (Lipinski definition) is 1. The average molecular weight is 332 g/mol. The monoisotopic (exact) mass is 332 g/mol. The Balaban J connectivity index is 2.04. The van der Waals surface area contributed by atoms with Crippen LogP contribution in [0.4, 0.5) is 5.69 Å². The van der Waals surface area contributed by atoms with E-state index in [1.807, 2.05) is 54.7 Å². The Hall–Kier alpha value is -2.08. The van der Waals surface area contributed by atoms with Crippen molar-refractivity contribution in [2.75, 3.05) is 19.0 Å². The molecule has 1 heterocycles. The number of aromatic nitrogens is 2. The van der Waals surface area contributed by atoms with Crippen molar-refractivity contribution in [3.8, 4) is 5.75 Å². The molecule has 0 saturated heterocycles. The van der Waals surface area contributed by atoms with E-state index in [1.54, 1.807) is 0 Å². The van der Waals surface area contributed by atoms with Crippen molar-refractivity contribution < 1.29 is 4.74 Å². The summed E-state index contributed by atoms with van der Waals surface area (Å²) in [7, 11) is 1.97. The summed E-state index contributed by atoms with van der Waals surface area (Å²) in [5.41, 5.74) is 3.10. The molecule has 0 fully saturated rings. The number of aryl methyl sites for hydroxylation is 2. The summed E-state index contributed by atoms with van der Waals surface area (Å²) in [6.45, 7) is 8.28. The minimum absolute atomic E-state index is 0.622. The zero-order valence-electron chi connectivity index (χ0n) is 14.2. The molecule has 2 rings (SSSR count). The fourth-order valence-corrected chi connectivity index (χ4v) is 2.44. The molecule has 1 aromatic heterocycles. The third-order valence-corrected chi connectivity index (χ3v) is 3.97. The first-order valence-electron chi connectivity index (χ1n) is 7.82. The van der Waals surface area contributed by atoms with E-state index in [-0.39, 0.29) is 0 Å². The number of thiocarbonyl (C=S) groups is 1. The molecular weight excluding hydrogens is 308 g/mol. The van der Waals surface area contributed by atoms with Crippen LogP contribution in [-0.2, 0) is 13.1 Å². The van der Waals surface area contributed by atoms with Gasteiger partial charge in [0.05, 0.1) is 18.0 Å². The SMILES string of the molecule is CCOc1ccccc1NC(=S)N(C)Cc1cn(CC)nc1C. The predicted molar refractivity (Wildman–Crippen MR) is 97.9 cm³/mol. The summed E-state index contributed by atoms with van der Waals surface area (Å²) in [5, 5.41) is 8.38. The van der Waals surface area contributed by atoms with Crippen molar-refractivity contribution in [3.63, 3.8) is 0 Å². The Morgan fingerprint density at radius 2 is 2.09 bits per heavy atom. The van der Waals surface area contributed by atoms with Crippen molar-refractivity contribution in [3.05, 3.63) is 41.7 Å². The van der Waals surface area contributed by atoms with Gasteiger partial charge in [0.1, 0.15) is 5.75 Å². The Kier molecular flexibility index (Phi) is 5.98. The lowest BCUT2D eigenvalue weighted by Crippen LogP contribution is -2.30. The number of nitrogens with one attached hydrogen (secondary N) is 1. The van der Waals surface area contributed by atoms with E-state index >= 15 is 0 Å². The van der Waals surface area contributed by atoms with E-state index in [0.717, 1.165) is 23.7 Å². The summed E-state index contributed by atoms with van der Waals surface area (Å²) in [5.74, 6) is 0.806. The van der Waals surface area contributed by atoms with Gasteiger partial charge < -0.3 is 15.0 Å². The van der Waals surface area contributed by atoms with Gasteiger partial charge >= 0.3 is 0 Å². The van der Waals surface area contributed by atoms with Gasteiger partial charge in [-0.2, -0.15) is 5.10 Å². The van der Waals surface area contributed by atoms with E-state index in [4.69, 9.17) is 17.0 Å². The normalized spacial score (nSPS) is 10.4. The number of benzene rings is 1. The molecule has 0 aliphatic rings. The maximum atomic E-state index is 5.62. The van der Waals surface area contributed by atoms with Crippen molar-refractivity contribution in [2.45, 2.75) is 33.9 Å². The van der Waals surface area contributed by atoms with Gasteiger partial charge in [-0.05, 0) is 45.1 Å². The Morgan fingerprint density at radius 3 is 2.74 bits per heavy atom. The Bertz CT molecular complexity index is 668. The largest absolute Gasteiger partial charge is 0.492 e. The van der Waals surface area contributed by atoms with Gasteiger partial charge in [-0.15, -0.1) is 0 Å². The van der Waals surface area contributed by atoms with Crippen LogP contribution in [0.3, 0.4) is 0 Å². The molecule has 0 aliphatic heterocycles. The number of nitrogens with zero attached hydrogens (tertiary/aromatic N) is 3. The van der Waals surface area contributed by atoms with Crippen molar-refractivity contribution in [2.24, 2.45) is 0 Å². The van der Waals surface area contributed by atoms with Crippen molar-refractivity contribution in [1.82, 2.24) is 14.7 Å². The zero-order chi connectivity index (χ0) is 16.8. The molecule has 1 aromatic carbocycles. The topological polar surface area (TPSA) is 42.3 Å². The highest BCUT2D eigenvalue weighted by Crippen LogP contribution is 2.24. The Labute approximate surface area is 143 Å². The van der Waals surface area contributed by atoms with E-state index in [2.05, 4.69) is 23.5 Å². The second-order valence-electron chi connectivity index (χ2n) is 5.31. The minimum Gasteiger partial charge on any atom is -0.492 e. The highest BCUT2D eigenvalue weighted by Gasteiger charge is 2.12. The van der Waals surface area contributed by atoms with E-state index in [1.165, 1.54) is 5.56 Å². The van der Waals surface area contributed by atoms with Crippen molar-refractivity contribution >= 4 is 23.0 Å². The number of para-hydroxylation sites is 2. The molecule has 0 saturated carbocycles. The maximum Gasteiger partial charge on any atom is 0.173 e. The smallest absolute Gasteiger partial charge is 0.173 e. The summed E-state index contributed by atoms with van der Waals surface area (Å²) >= 11 is 5.51. The first kappa shape index (κ1) is 17.3. The molecule has 23 heavy (non-hydrogen) atoms. The number of hydrogen-bond acceptors (Lipinski definition) is 3. The second-order valence-corrected chi connectivity index (χ2v) is 5.70. The van der Waals surface area contributed by atoms with Crippen LogP contribution in [0.5, 0.6) is 5.75 Å². The van der Waals surface area contributed by atoms with Crippen LogP contribution >= 0.6 is 12.2 Å². The van der Waals surface area contributed by atoms with Crippen molar-refractivity contribution in [1.29, 1.82) is 0 Å². The van der Waals surface area contributed by atoms with Crippen LogP contribution in [0.25, 0.3) is 0 Å². The molecule has 0 radical (unpaired) electrons. The number of anilines is 1. The molecule has 5 nitrogen and oxygen atoms in total. The molecule has 6 heteroatoms. The van der Waals surface area contributed by atoms with E-state index in [9.17, 15) is 0 Å². The molecule has 124 valence electrons. The highest BCUT2D eigenvalue weighted by atomic mass is 32.1. The predicted octanol–water partition coefficient (Wildman–Crippen LogP) is 3.44. The van der Waals surface area contributed by atoms with Gasteiger partial charge in [-0.3, -0.25) is 4.68 Å². The first-order chi connectivity index (χ1) is 11.0. The quantitative estimate of drug-likeness (QED) is 0.821. The van der Waals surface area contributed by atoms with Gasteiger partial charge in [0.15, 0.2) is 5.11 Å². The first-order valence-corrected chi connectivity index (χ1v) is 8.22.